The van der Waals surface area contributed by atoms with Crippen LogP contribution in [-0.2, 0) is 6.42 Å². The van der Waals surface area contributed by atoms with Gasteiger partial charge in [0.15, 0.2) is 0 Å². The molecule has 2 nitrogen and oxygen atoms in total. The lowest BCUT2D eigenvalue weighted by Crippen LogP contribution is -2.34. The highest BCUT2D eigenvalue weighted by Crippen LogP contribution is 2.29. The summed E-state index contributed by atoms with van der Waals surface area (Å²) in [6, 6.07) is 17.6. The van der Waals surface area contributed by atoms with Gasteiger partial charge in [-0.3, -0.25) is 0 Å². The molecular formula is C19H26N2. The number of nitrogens with two attached hydrogens (primary N) is 1. The lowest BCUT2D eigenvalue weighted by atomic mass is 9.97. The lowest BCUT2D eigenvalue weighted by Gasteiger charge is -2.33. The second-order valence-electron chi connectivity index (χ2n) is 5.43. The third-order valence-electron chi connectivity index (χ3n) is 4.10. The van der Waals surface area contributed by atoms with Crippen molar-refractivity contribution < 1.29 is 0 Å². The van der Waals surface area contributed by atoms with Crippen LogP contribution in [0.25, 0.3) is 0 Å². The zero-order valence-corrected chi connectivity index (χ0v) is 13.3. The van der Waals surface area contributed by atoms with Crippen LogP contribution >= 0.6 is 0 Å². The maximum Gasteiger partial charge on any atom is 0.0667 e. The lowest BCUT2D eigenvalue weighted by molar-refractivity contribution is 0.637. The van der Waals surface area contributed by atoms with Crippen molar-refractivity contribution in [3.05, 3.63) is 65.2 Å². The summed E-state index contributed by atoms with van der Waals surface area (Å²) >= 11 is 0. The number of benzene rings is 2. The van der Waals surface area contributed by atoms with Crippen LogP contribution in [0.15, 0.2) is 48.5 Å². The SMILES string of the molecule is CCc1ccccc1C(CN)N(CC)c1ccc(C)cc1. The Kier molecular flexibility index (Phi) is 5.40. The van der Waals surface area contributed by atoms with Crippen molar-refractivity contribution in [2.24, 2.45) is 5.73 Å². The molecule has 2 heteroatoms. The highest BCUT2D eigenvalue weighted by Gasteiger charge is 2.20. The average Bonchev–Trinajstić information content (AvgIpc) is 2.53. The molecular weight excluding hydrogens is 256 g/mol. The fourth-order valence-corrected chi connectivity index (χ4v) is 2.92. The number of aryl methyl sites for hydroxylation is 2. The average molecular weight is 282 g/mol. The smallest absolute Gasteiger partial charge is 0.0667 e. The first-order chi connectivity index (χ1) is 10.2. The van der Waals surface area contributed by atoms with E-state index in [-0.39, 0.29) is 6.04 Å². The standard InChI is InChI=1S/C19H26N2/c1-4-16-8-6-7-9-18(16)19(14-20)21(5-2)17-12-10-15(3)11-13-17/h6-13,19H,4-5,14,20H2,1-3H3. The molecule has 1 atom stereocenters. The van der Waals surface area contributed by atoms with E-state index in [2.05, 4.69) is 74.2 Å². The highest BCUT2D eigenvalue weighted by atomic mass is 15.2. The van der Waals surface area contributed by atoms with Gasteiger partial charge in [0.25, 0.3) is 0 Å². The summed E-state index contributed by atoms with van der Waals surface area (Å²) in [5.41, 5.74) is 11.4. The van der Waals surface area contributed by atoms with Gasteiger partial charge in [-0.25, -0.2) is 0 Å². The van der Waals surface area contributed by atoms with E-state index in [0.717, 1.165) is 13.0 Å². The second kappa shape index (κ2) is 7.28. The molecule has 0 fully saturated rings. The monoisotopic (exact) mass is 282 g/mol. The minimum atomic E-state index is 0.230. The van der Waals surface area contributed by atoms with E-state index < -0.39 is 0 Å². The van der Waals surface area contributed by atoms with Crippen molar-refractivity contribution in [2.75, 3.05) is 18.0 Å². The summed E-state index contributed by atoms with van der Waals surface area (Å²) in [6.45, 7) is 8.08. The molecule has 0 saturated heterocycles. The Bertz CT molecular complexity index is 560. The first kappa shape index (κ1) is 15.6. The first-order valence-corrected chi connectivity index (χ1v) is 7.82. The van der Waals surface area contributed by atoms with Crippen LogP contribution in [0.5, 0.6) is 0 Å². The van der Waals surface area contributed by atoms with Crippen molar-refractivity contribution in [1.82, 2.24) is 0 Å². The predicted octanol–water partition coefficient (Wildman–Crippen LogP) is 4.08. The number of likely N-dealkylation sites (N-methyl/N-ethyl adjacent to an activating group) is 1. The second-order valence-corrected chi connectivity index (χ2v) is 5.43. The summed E-state index contributed by atoms with van der Waals surface area (Å²) < 4.78 is 0. The van der Waals surface area contributed by atoms with Crippen LogP contribution in [0.2, 0.25) is 0 Å². The van der Waals surface area contributed by atoms with E-state index in [4.69, 9.17) is 5.73 Å². The van der Waals surface area contributed by atoms with E-state index >= 15 is 0 Å². The third-order valence-corrected chi connectivity index (χ3v) is 4.10. The van der Waals surface area contributed by atoms with Gasteiger partial charge in [0, 0.05) is 18.8 Å². The van der Waals surface area contributed by atoms with E-state index in [1.807, 2.05) is 0 Å². The van der Waals surface area contributed by atoms with E-state index in [1.54, 1.807) is 0 Å². The summed E-state index contributed by atoms with van der Waals surface area (Å²) in [6.07, 6.45) is 1.04. The molecule has 0 aliphatic carbocycles. The molecule has 0 saturated carbocycles. The van der Waals surface area contributed by atoms with E-state index in [1.165, 1.54) is 22.4 Å². The summed E-state index contributed by atoms with van der Waals surface area (Å²) in [5, 5.41) is 0. The van der Waals surface area contributed by atoms with Gasteiger partial charge in [-0.1, -0.05) is 48.9 Å². The van der Waals surface area contributed by atoms with Crippen molar-refractivity contribution >= 4 is 5.69 Å². The Morgan fingerprint density at radius 3 is 2.24 bits per heavy atom. The fourth-order valence-electron chi connectivity index (χ4n) is 2.92. The largest absolute Gasteiger partial charge is 0.363 e. The molecule has 1 unspecified atom stereocenters. The number of anilines is 1. The number of hydrogen-bond donors (Lipinski definition) is 1. The highest BCUT2D eigenvalue weighted by molar-refractivity contribution is 5.51. The van der Waals surface area contributed by atoms with Crippen molar-refractivity contribution in [3.63, 3.8) is 0 Å². The van der Waals surface area contributed by atoms with Gasteiger partial charge in [-0.2, -0.15) is 0 Å². The van der Waals surface area contributed by atoms with Crippen molar-refractivity contribution in [1.29, 1.82) is 0 Å². The number of nitrogens with zero attached hydrogens (tertiary/aromatic N) is 1. The molecule has 2 aromatic rings. The molecule has 2 rings (SSSR count). The predicted molar refractivity (Wildman–Crippen MR) is 91.8 cm³/mol. The normalized spacial score (nSPS) is 12.2. The van der Waals surface area contributed by atoms with Gasteiger partial charge in [0.05, 0.1) is 6.04 Å². The topological polar surface area (TPSA) is 29.3 Å². The molecule has 0 amide bonds. The van der Waals surface area contributed by atoms with Crippen LogP contribution in [-0.4, -0.2) is 13.1 Å². The fraction of sp³-hybridized carbons (Fsp3) is 0.368. The Morgan fingerprint density at radius 2 is 1.67 bits per heavy atom. The molecule has 0 bridgehead atoms. The quantitative estimate of drug-likeness (QED) is 0.865. The minimum Gasteiger partial charge on any atom is -0.363 e. The minimum absolute atomic E-state index is 0.230. The van der Waals surface area contributed by atoms with Crippen LogP contribution in [0.3, 0.4) is 0 Å². The molecule has 112 valence electrons. The van der Waals surface area contributed by atoms with Gasteiger partial charge < -0.3 is 10.6 Å². The molecule has 21 heavy (non-hydrogen) atoms. The molecule has 2 N–H and O–H groups in total. The van der Waals surface area contributed by atoms with E-state index in [0.29, 0.717) is 6.54 Å². The zero-order chi connectivity index (χ0) is 15.2. The Labute approximate surface area is 128 Å². The summed E-state index contributed by atoms with van der Waals surface area (Å²) in [7, 11) is 0. The van der Waals surface area contributed by atoms with Crippen LogP contribution < -0.4 is 10.6 Å². The Morgan fingerprint density at radius 1 is 1.00 bits per heavy atom. The van der Waals surface area contributed by atoms with E-state index in [9.17, 15) is 0 Å². The molecule has 0 radical (unpaired) electrons. The van der Waals surface area contributed by atoms with Crippen molar-refractivity contribution in [2.45, 2.75) is 33.2 Å². The first-order valence-electron chi connectivity index (χ1n) is 7.82. The summed E-state index contributed by atoms with van der Waals surface area (Å²) in [4.78, 5) is 2.40. The van der Waals surface area contributed by atoms with Gasteiger partial charge in [0.2, 0.25) is 0 Å². The molecule has 0 aromatic heterocycles. The van der Waals surface area contributed by atoms with Crippen LogP contribution in [0.1, 0.15) is 36.6 Å². The molecule has 0 aliphatic heterocycles. The van der Waals surface area contributed by atoms with Crippen molar-refractivity contribution in [3.8, 4) is 0 Å². The Balaban J connectivity index is 2.39. The van der Waals surface area contributed by atoms with Crippen LogP contribution in [0.4, 0.5) is 5.69 Å². The Hall–Kier alpha value is -1.80. The van der Waals surface area contributed by atoms with Gasteiger partial charge >= 0.3 is 0 Å². The summed E-state index contributed by atoms with van der Waals surface area (Å²) in [5.74, 6) is 0. The molecule has 0 spiro atoms. The number of hydrogen-bond acceptors (Lipinski definition) is 2. The molecule has 2 aromatic carbocycles. The molecule has 0 heterocycles. The molecule has 0 aliphatic rings. The van der Waals surface area contributed by atoms with Gasteiger partial charge in [0.1, 0.15) is 0 Å². The van der Waals surface area contributed by atoms with Gasteiger partial charge in [-0.15, -0.1) is 0 Å². The van der Waals surface area contributed by atoms with Gasteiger partial charge in [-0.05, 0) is 43.5 Å². The third kappa shape index (κ3) is 3.45. The van der Waals surface area contributed by atoms with Crippen LogP contribution in [0, 0.1) is 6.92 Å². The maximum absolute atomic E-state index is 6.13. The maximum atomic E-state index is 6.13. The number of rotatable bonds is 6. The zero-order valence-electron chi connectivity index (χ0n) is 13.3.